The smallest absolute Gasteiger partial charge is 0.321 e. The molecule has 0 aromatic heterocycles. The van der Waals surface area contributed by atoms with Crippen molar-refractivity contribution in [3.8, 4) is 11.1 Å². The van der Waals surface area contributed by atoms with Gasteiger partial charge in [-0.1, -0.05) is 91.0 Å². The Labute approximate surface area is 184 Å². The summed E-state index contributed by atoms with van der Waals surface area (Å²) >= 11 is 0. The molecule has 0 heterocycles. The SMILES string of the molecule is O=P(O)(O)c1cc2ccccc2c(N=Nc2cccc3ccccc23)c1-c1ccccc1. The molecule has 0 saturated heterocycles. The fourth-order valence-electron chi connectivity index (χ4n) is 3.94. The van der Waals surface area contributed by atoms with Crippen LogP contribution >= 0.6 is 7.60 Å². The molecule has 32 heavy (non-hydrogen) atoms. The summed E-state index contributed by atoms with van der Waals surface area (Å²) in [5.74, 6) is 0. The second-order valence-electron chi connectivity index (χ2n) is 7.45. The second kappa shape index (κ2) is 8.13. The lowest BCUT2D eigenvalue weighted by Gasteiger charge is -2.16. The Hall–Kier alpha value is -3.63. The van der Waals surface area contributed by atoms with E-state index in [0.717, 1.165) is 16.2 Å². The summed E-state index contributed by atoms with van der Waals surface area (Å²) in [6.45, 7) is 0. The molecule has 5 aromatic rings. The molecule has 2 N–H and O–H groups in total. The van der Waals surface area contributed by atoms with Crippen molar-refractivity contribution in [3.05, 3.63) is 103 Å². The fraction of sp³-hybridized carbons (Fsp3) is 0. The number of nitrogens with zero attached hydrogens (tertiary/aromatic N) is 2. The second-order valence-corrected chi connectivity index (χ2v) is 9.02. The zero-order valence-corrected chi connectivity index (χ0v) is 17.9. The molecular weight excluding hydrogens is 419 g/mol. The van der Waals surface area contributed by atoms with Crippen LogP contribution in [-0.4, -0.2) is 9.79 Å². The summed E-state index contributed by atoms with van der Waals surface area (Å²) in [6, 6.07) is 31.8. The van der Waals surface area contributed by atoms with E-state index in [2.05, 4.69) is 10.2 Å². The molecule has 0 aliphatic carbocycles. The van der Waals surface area contributed by atoms with Gasteiger partial charge in [0, 0.05) is 16.3 Å². The van der Waals surface area contributed by atoms with Crippen LogP contribution in [0.3, 0.4) is 0 Å². The van der Waals surface area contributed by atoms with E-state index in [0.29, 0.717) is 27.9 Å². The zero-order chi connectivity index (χ0) is 22.1. The molecule has 0 saturated carbocycles. The van der Waals surface area contributed by atoms with E-state index in [9.17, 15) is 14.4 Å². The molecule has 0 fully saturated rings. The maximum absolute atomic E-state index is 12.5. The van der Waals surface area contributed by atoms with Gasteiger partial charge in [0.25, 0.3) is 0 Å². The Morgan fingerprint density at radius 2 is 1.25 bits per heavy atom. The van der Waals surface area contributed by atoms with Crippen molar-refractivity contribution in [2.45, 2.75) is 0 Å². The van der Waals surface area contributed by atoms with E-state index < -0.39 is 7.60 Å². The van der Waals surface area contributed by atoms with E-state index in [-0.39, 0.29) is 5.30 Å². The highest BCUT2D eigenvalue weighted by Crippen LogP contribution is 2.45. The van der Waals surface area contributed by atoms with Gasteiger partial charge in [0.05, 0.1) is 11.0 Å². The predicted molar refractivity (Wildman–Crippen MR) is 129 cm³/mol. The van der Waals surface area contributed by atoms with E-state index in [1.165, 1.54) is 0 Å². The first kappa shape index (κ1) is 20.3. The van der Waals surface area contributed by atoms with Gasteiger partial charge in [0.1, 0.15) is 5.69 Å². The minimum atomic E-state index is -4.59. The lowest BCUT2D eigenvalue weighted by Crippen LogP contribution is -2.08. The normalized spacial score (nSPS) is 12.1. The third kappa shape index (κ3) is 3.74. The van der Waals surface area contributed by atoms with E-state index in [1.807, 2.05) is 97.1 Å². The average Bonchev–Trinajstić information content (AvgIpc) is 2.82. The minimum absolute atomic E-state index is 0.0609. The number of azo groups is 1. The highest BCUT2D eigenvalue weighted by atomic mass is 31.2. The molecule has 6 heteroatoms. The summed E-state index contributed by atoms with van der Waals surface area (Å²) in [5.41, 5.74) is 2.18. The Morgan fingerprint density at radius 1 is 0.625 bits per heavy atom. The summed E-state index contributed by atoms with van der Waals surface area (Å²) in [5, 5.41) is 12.5. The van der Waals surface area contributed by atoms with Crippen LogP contribution in [-0.2, 0) is 4.57 Å². The minimum Gasteiger partial charge on any atom is -0.321 e. The molecule has 0 aliphatic heterocycles. The topological polar surface area (TPSA) is 82.2 Å². The summed E-state index contributed by atoms with van der Waals surface area (Å²) in [7, 11) is -4.59. The van der Waals surface area contributed by atoms with Crippen LogP contribution in [0.25, 0.3) is 32.7 Å². The van der Waals surface area contributed by atoms with Crippen molar-refractivity contribution in [1.29, 1.82) is 0 Å². The number of hydrogen-bond donors (Lipinski definition) is 2. The van der Waals surface area contributed by atoms with Crippen LogP contribution in [0.5, 0.6) is 0 Å². The van der Waals surface area contributed by atoms with Gasteiger partial charge in [-0.15, -0.1) is 10.2 Å². The monoisotopic (exact) mass is 438 g/mol. The van der Waals surface area contributed by atoms with Crippen molar-refractivity contribution in [2.24, 2.45) is 10.2 Å². The van der Waals surface area contributed by atoms with Crippen molar-refractivity contribution >= 4 is 45.8 Å². The molecular formula is C26H19N2O3P. The highest BCUT2D eigenvalue weighted by molar-refractivity contribution is 7.60. The Kier molecular flexibility index (Phi) is 5.16. The molecule has 156 valence electrons. The first-order chi connectivity index (χ1) is 15.5. The number of fused-ring (bicyclic) bond motifs is 2. The van der Waals surface area contributed by atoms with Crippen molar-refractivity contribution in [2.75, 3.05) is 0 Å². The largest absolute Gasteiger partial charge is 0.356 e. The number of rotatable bonds is 4. The summed E-state index contributed by atoms with van der Waals surface area (Å²) in [4.78, 5) is 20.4. The lowest BCUT2D eigenvalue weighted by atomic mass is 9.98. The van der Waals surface area contributed by atoms with Gasteiger partial charge in [-0.3, -0.25) is 4.57 Å². The molecule has 0 aliphatic rings. The van der Waals surface area contributed by atoms with Crippen molar-refractivity contribution in [1.82, 2.24) is 0 Å². The molecule has 0 bridgehead atoms. The van der Waals surface area contributed by atoms with Gasteiger partial charge >= 0.3 is 7.60 Å². The third-order valence-corrected chi connectivity index (χ3v) is 6.38. The van der Waals surface area contributed by atoms with E-state index >= 15 is 0 Å². The standard InChI is InChI=1S/C26H19N2O3P/c29-32(30,31)24-17-20-12-5-7-15-22(20)26(25(24)19-10-2-1-3-11-19)28-27-23-16-8-13-18-9-4-6-14-21(18)23/h1-17H,(H2,29,30,31). The molecule has 5 nitrogen and oxygen atoms in total. The molecule has 0 amide bonds. The Balaban J connectivity index is 1.83. The molecule has 0 spiro atoms. The van der Waals surface area contributed by atoms with Gasteiger partial charge in [-0.25, -0.2) is 0 Å². The van der Waals surface area contributed by atoms with Gasteiger partial charge < -0.3 is 9.79 Å². The lowest BCUT2D eigenvalue weighted by molar-refractivity contribution is 0.387. The maximum atomic E-state index is 12.5. The van der Waals surface area contributed by atoms with E-state index in [1.54, 1.807) is 6.07 Å². The fourth-order valence-corrected chi connectivity index (χ4v) is 4.77. The van der Waals surface area contributed by atoms with Crippen LogP contribution in [0.1, 0.15) is 0 Å². The molecule has 0 unspecified atom stereocenters. The van der Waals surface area contributed by atoms with Crippen LogP contribution in [0.4, 0.5) is 11.4 Å². The summed E-state index contributed by atoms with van der Waals surface area (Å²) < 4.78 is 12.5. The van der Waals surface area contributed by atoms with Crippen molar-refractivity contribution < 1.29 is 14.4 Å². The zero-order valence-electron chi connectivity index (χ0n) is 17.0. The maximum Gasteiger partial charge on any atom is 0.356 e. The third-order valence-electron chi connectivity index (χ3n) is 5.40. The molecule has 5 aromatic carbocycles. The van der Waals surface area contributed by atoms with E-state index in [4.69, 9.17) is 0 Å². The van der Waals surface area contributed by atoms with Crippen LogP contribution in [0.2, 0.25) is 0 Å². The Morgan fingerprint density at radius 3 is 2.00 bits per heavy atom. The van der Waals surface area contributed by atoms with Crippen molar-refractivity contribution in [3.63, 3.8) is 0 Å². The quantitative estimate of drug-likeness (QED) is 0.237. The van der Waals surface area contributed by atoms with Gasteiger partial charge in [-0.05, 0) is 28.5 Å². The van der Waals surface area contributed by atoms with Gasteiger partial charge in [-0.2, -0.15) is 0 Å². The van der Waals surface area contributed by atoms with Crippen LogP contribution in [0.15, 0.2) is 113 Å². The molecule has 0 radical (unpaired) electrons. The summed E-state index contributed by atoms with van der Waals surface area (Å²) in [6.07, 6.45) is 0. The Bertz CT molecular complexity index is 1520. The average molecular weight is 438 g/mol. The number of hydrogen-bond acceptors (Lipinski definition) is 3. The van der Waals surface area contributed by atoms with Crippen LogP contribution in [0, 0.1) is 0 Å². The molecule has 5 rings (SSSR count). The predicted octanol–water partition coefficient (Wildman–Crippen LogP) is 6.88. The molecule has 0 atom stereocenters. The van der Waals surface area contributed by atoms with Gasteiger partial charge in [0.2, 0.25) is 0 Å². The first-order valence-corrected chi connectivity index (χ1v) is 11.7. The first-order valence-electron chi connectivity index (χ1n) is 10.1. The highest BCUT2D eigenvalue weighted by Gasteiger charge is 2.26. The van der Waals surface area contributed by atoms with Gasteiger partial charge in [0.15, 0.2) is 0 Å². The number of benzene rings is 5. The van der Waals surface area contributed by atoms with Crippen LogP contribution < -0.4 is 5.30 Å².